The number of rotatable bonds is 4. The van der Waals surface area contributed by atoms with E-state index in [-0.39, 0.29) is 18.0 Å². The van der Waals surface area contributed by atoms with Gasteiger partial charge in [-0.3, -0.25) is 4.79 Å². The van der Waals surface area contributed by atoms with Crippen LogP contribution < -0.4 is 15.5 Å². The second-order valence-electron chi connectivity index (χ2n) is 6.99. The lowest BCUT2D eigenvalue weighted by Gasteiger charge is -2.18. The fourth-order valence-corrected chi connectivity index (χ4v) is 3.07. The van der Waals surface area contributed by atoms with Crippen LogP contribution in [0.25, 0.3) is 0 Å². The predicted octanol–water partition coefficient (Wildman–Crippen LogP) is 3.22. The van der Waals surface area contributed by atoms with Crippen molar-refractivity contribution in [3.63, 3.8) is 0 Å². The molecule has 5 nitrogen and oxygen atoms in total. The van der Waals surface area contributed by atoms with Gasteiger partial charge in [0.25, 0.3) is 0 Å². The standard InChI is InChI=1S/C21H25N3O2/c1-14-4-7-17(8-5-14)12-22-21(26)23-18-11-20(25)24(13-18)19-9-6-15(2)16(3)10-19/h4-10,18H,11-13H2,1-3H3,(H2,22,23,26)/t18-/m1/s1. The Morgan fingerprint density at radius 2 is 1.81 bits per heavy atom. The summed E-state index contributed by atoms with van der Waals surface area (Å²) in [4.78, 5) is 26.2. The van der Waals surface area contributed by atoms with Gasteiger partial charge >= 0.3 is 6.03 Å². The number of aryl methyl sites for hydroxylation is 3. The molecular weight excluding hydrogens is 326 g/mol. The van der Waals surface area contributed by atoms with Crippen molar-refractivity contribution >= 4 is 17.6 Å². The minimum Gasteiger partial charge on any atom is -0.334 e. The third-order valence-corrected chi connectivity index (χ3v) is 4.84. The highest BCUT2D eigenvalue weighted by molar-refractivity contribution is 5.96. The zero-order chi connectivity index (χ0) is 18.7. The minimum atomic E-state index is -0.245. The lowest BCUT2D eigenvalue weighted by molar-refractivity contribution is -0.117. The quantitative estimate of drug-likeness (QED) is 0.888. The Morgan fingerprint density at radius 1 is 1.08 bits per heavy atom. The Kier molecular flexibility index (Phi) is 5.26. The van der Waals surface area contributed by atoms with Gasteiger partial charge in [0.15, 0.2) is 0 Å². The normalized spacial score (nSPS) is 16.7. The highest BCUT2D eigenvalue weighted by atomic mass is 16.2. The molecule has 0 bridgehead atoms. The summed E-state index contributed by atoms with van der Waals surface area (Å²) in [7, 11) is 0. The van der Waals surface area contributed by atoms with Crippen molar-refractivity contribution < 1.29 is 9.59 Å². The predicted molar refractivity (Wildman–Crippen MR) is 103 cm³/mol. The minimum absolute atomic E-state index is 0.0390. The molecule has 0 aromatic heterocycles. The van der Waals surface area contributed by atoms with E-state index < -0.39 is 0 Å². The van der Waals surface area contributed by atoms with Crippen molar-refractivity contribution in [2.75, 3.05) is 11.4 Å². The smallest absolute Gasteiger partial charge is 0.315 e. The topological polar surface area (TPSA) is 61.4 Å². The van der Waals surface area contributed by atoms with E-state index in [1.54, 1.807) is 4.90 Å². The Hall–Kier alpha value is -2.82. The Labute approximate surface area is 154 Å². The van der Waals surface area contributed by atoms with Crippen molar-refractivity contribution in [3.05, 3.63) is 64.7 Å². The third kappa shape index (κ3) is 4.23. The first-order valence-corrected chi connectivity index (χ1v) is 8.90. The van der Waals surface area contributed by atoms with Crippen molar-refractivity contribution in [1.82, 2.24) is 10.6 Å². The molecule has 2 aromatic carbocycles. The highest BCUT2D eigenvalue weighted by Crippen LogP contribution is 2.24. The maximum absolute atomic E-state index is 12.3. The van der Waals surface area contributed by atoms with E-state index in [0.717, 1.165) is 16.8 Å². The number of hydrogen-bond acceptors (Lipinski definition) is 2. The van der Waals surface area contributed by atoms with Crippen LogP contribution in [0.2, 0.25) is 0 Å². The van der Waals surface area contributed by atoms with Gasteiger partial charge in [0.1, 0.15) is 0 Å². The summed E-state index contributed by atoms with van der Waals surface area (Å²) in [5.74, 6) is 0.0390. The highest BCUT2D eigenvalue weighted by Gasteiger charge is 2.31. The number of amides is 3. The van der Waals surface area contributed by atoms with Crippen molar-refractivity contribution in [2.24, 2.45) is 0 Å². The lowest BCUT2D eigenvalue weighted by atomic mass is 10.1. The van der Waals surface area contributed by atoms with E-state index in [0.29, 0.717) is 19.5 Å². The first-order chi connectivity index (χ1) is 12.4. The average Bonchev–Trinajstić information content (AvgIpc) is 2.97. The molecule has 1 aliphatic heterocycles. The Bertz CT molecular complexity index is 815. The summed E-state index contributed by atoms with van der Waals surface area (Å²) in [6, 6.07) is 13.6. The van der Waals surface area contributed by atoms with Gasteiger partial charge in [-0.25, -0.2) is 4.79 Å². The molecule has 0 radical (unpaired) electrons. The summed E-state index contributed by atoms with van der Waals surface area (Å²) in [6.07, 6.45) is 0.324. The van der Waals surface area contributed by atoms with Gasteiger partial charge in [0, 0.05) is 25.2 Å². The van der Waals surface area contributed by atoms with E-state index in [1.807, 2.05) is 63.2 Å². The molecule has 1 aliphatic rings. The molecule has 5 heteroatoms. The molecule has 3 amide bonds. The van der Waals surface area contributed by atoms with Crippen LogP contribution in [-0.2, 0) is 11.3 Å². The number of nitrogens with one attached hydrogen (secondary N) is 2. The molecule has 2 aromatic rings. The second-order valence-corrected chi connectivity index (χ2v) is 6.99. The molecule has 0 aliphatic carbocycles. The number of nitrogens with zero attached hydrogens (tertiary/aromatic N) is 1. The summed E-state index contributed by atoms with van der Waals surface area (Å²) < 4.78 is 0. The van der Waals surface area contributed by atoms with Gasteiger partial charge in [-0.15, -0.1) is 0 Å². The van der Waals surface area contributed by atoms with Crippen LogP contribution in [0, 0.1) is 20.8 Å². The number of hydrogen-bond donors (Lipinski definition) is 2. The fourth-order valence-electron chi connectivity index (χ4n) is 3.07. The molecule has 1 heterocycles. The van der Waals surface area contributed by atoms with Gasteiger partial charge in [-0.2, -0.15) is 0 Å². The van der Waals surface area contributed by atoms with E-state index in [9.17, 15) is 9.59 Å². The van der Waals surface area contributed by atoms with Crippen LogP contribution in [0.5, 0.6) is 0 Å². The monoisotopic (exact) mass is 351 g/mol. The molecule has 136 valence electrons. The SMILES string of the molecule is Cc1ccc(CNC(=O)N[C@@H]2CC(=O)N(c3ccc(C)c(C)c3)C2)cc1. The largest absolute Gasteiger partial charge is 0.334 e. The molecule has 1 fully saturated rings. The molecule has 0 unspecified atom stereocenters. The second kappa shape index (κ2) is 7.60. The van der Waals surface area contributed by atoms with Gasteiger partial charge in [0.05, 0.1) is 6.04 Å². The maximum atomic E-state index is 12.3. The van der Waals surface area contributed by atoms with E-state index in [2.05, 4.69) is 10.6 Å². The number of carbonyl (C=O) groups excluding carboxylic acids is 2. The van der Waals surface area contributed by atoms with Crippen LogP contribution in [0.15, 0.2) is 42.5 Å². The van der Waals surface area contributed by atoms with Gasteiger partial charge in [-0.05, 0) is 49.6 Å². The van der Waals surface area contributed by atoms with Crippen LogP contribution >= 0.6 is 0 Å². The van der Waals surface area contributed by atoms with Crippen LogP contribution in [0.3, 0.4) is 0 Å². The van der Waals surface area contributed by atoms with Crippen molar-refractivity contribution in [3.8, 4) is 0 Å². The number of anilines is 1. The van der Waals surface area contributed by atoms with Crippen LogP contribution in [-0.4, -0.2) is 24.5 Å². The average molecular weight is 351 g/mol. The van der Waals surface area contributed by atoms with E-state index >= 15 is 0 Å². The fraction of sp³-hybridized carbons (Fsp3) is 0.333. The first-order valence-electron chi connectivity index (χ1n) is 8.90. The van der Waals surface area contributed by atoms with Crippen LogP contribution in [0.1, 0.15) is 28.7 Å². The zero-order valence-electron chi connectivity index (χ0n) is 15.5. The van der Waals surface area contributed by atoms with Gasteiger partial charge in [-0.1, -0.05) is 35.9 Å². The van der Waals surface area contributed by atoms with Crippen molar-refractivity contribution in [1.29, 1.82) is 0 Å². The van der Waals surface area contributed by atoms with Gasteiger partial charge < -0.3 is 15.5 Å². The zero-order valence-corrected chi connectivity index (χ0v) is 15.5. The number of benzene rings is 2. The molecule has 0 saturated carbocycles. The molecule has 2 N–H and O–H groups in total. The molecule has 26 heavy (non-hydrogen) atoms. The Balaban J connectivity index is 1.54. The maximum Gasteiger partial charge on any atom is 0.315 e. The first kappa shape index (κ1) is 18.0. The van der Waals surface area contributed by atoms with Crippen LogP contribution in [0.4, 0.5) is 10.5 Å². The molecule has 0 spiro atoms. The molecule has 1 saturated heterocycles. The summed E-state index contributed by atoms with van der Waals surface area (Å²) in [5.41, 5.74) is 5.48. The summed E-state index contributed by atoms with van der Waals surface area (Å²) >= 11 is 0. The summed E-state index contributed by atoms with van der Waals surface area (Å²) in [5, 5.41) is 5.76. The lowest BCUT2D eigenvalue weighted by Crippen LogP contribution is -2.43. The molecule has 3 rings (SSSR count). The third-order valence-electron chi connectivity index (χ3n) is 4.84. The Morgan fingerprint density at radius 3 is 2.50 bits per heavy atom. The van der Waals surface area contributed by atoms with Crippen molar-refractivity contribution in [2.45, 2.75) is 39.8 Å². The number of carbonyl (C=O) groups is 2. The molecular formula is C21H25N3O2. The van der Waals surface area contributed by atoms with E-state index in [1.165, 1.54) is 11.1 Å². The number of urea groups is 1. The van der Waals surface area contributed by atoms with E-state index in [4.69, 9.17) is 0 Å². The molecule has 1 atom stereocenters. The van der Waals surface area contributed by atoms with Gasteiger partial charge in [0.2, 0.25) is 5.91 Å². The summed E-state index contributed by atoms with van der Waals surface area (Å²) in [6.45, 7) is 7.08.